The first-order valence-corrected chi connectivity index (χ1v) is 9.81. The van der Waals surface area contributed by atoms with Gasteiger partial charge in [-0.25, -0.2) is 4.68 Å². The topological polar surface area (TPSA) is 64.0 Å². The summed E-state index contributed by atoms with van der Waals surface area (Å²) in [6, 6.07) is 13.7. The Morgan fingerprint density at radius 3 is 2.59 bits per heavy atom. The first kappa shape index (κ1) is 19.0. The fourth-order valence-corrected chi connectivity index (χ4v) is 3.85. The molecule has 0 unspecified atom stereocenters. The number of benzene rings is 1. The fraction of sp³-hybridized carbons (Fsp3) is 0.286. The second kappa shape index (κ2) is 8.77. The Labute approximate surface area is 163 Å². The van der Waals surface area contributed by atoms with Crippen molar-refractivity contribution in [1.29, 1.82) is 0 Å². The zero-order chi connectivity index (χ0) is 19.2. The van der Waals surface area contributed by atoms with Gasteiger partial charge in [0.2, 0.25) is 5.91 Å². The minimum Gasteiger partial charge on any atom is -0.356 e. The van der Waals surface area contributed by atoms with Crippen molar-refractivity contribution in [2.24, 2.45) is 0 Å². The van der Waals surface area contributed by atoms with Gasteiger partial charge in [-0.05, 0) is 38.1 Å². The number of carbonyl (C=O) groups excluding carboxylic acids is 2. The number of hydrogen-bond donors (Lipinski definition) is 1. The van der Waals surface area contributed by atoms with Gasteiger partial charge in [-0.15, -0.1) is 11.3 Å². The van der Waals surface area contributed by atoms with Crippen LogP contribution in [0.15, 0.2) is 48.7 Å². The van der Waals surface area contributed by atoms with Crippen LogP contribution >= 0.6 is 11.3 Å². The van der Waals surface area contributed by atoms with Crippen molar-refractivity contribution in [3.05, 3.63) is 69.7 Å². The molecule has 0 aliphatic carbocycles. The van der Waals surface area contributed by atoms with E-state index in [1.165, 1.54) is 0 Å². The summed E-state index contributed by atoms with van der Waals surface area (Å²) in [7, 11) is 0. The van der Waals surface area contributed by atoms with E-state index in [0.29, 0.717) is 13.0 Å². The lowest BCUT2D eigenvalue weighted by molar-refractivity contribution is -0.121. The second-order valence-corrected chi connectivity index (χ2v) is 7.90. The molecule has 3 aromatic rings. The van der Waals surface area contributed by atoms with Crippen LogP contribution in [0.4, 0.5) is 0 Å². The maximum atomic E-state index is 12.2. The minimum atomic E-state index is -0.101. The average Bonchev–Trinajstić information content (AvgIpc) is 3.26. The van der Waals surface area contributed by atoms with Crippen LogP contribution in [0.5, 0.6) is 0 Å². The molecule has 0 aliphatic rings. The third-order valence-corrected chi connectivity index (χ3v) is 5.25. The highest BCUT2D eigenvalue weighted by atomic mass is 32.1. The van der Waals surface area contributed by atoms with Crippen LogP contribution < -0.4 is 5.32 Å². The number of thiophene rings is 1. The van der Waals surface area contributed by atoms with Crippen molar-refractivity contribution in [1.82, 2.24) is 15.1 Å². The minimum absolute atomic E-state index is 0.0357. The first-order valence-electron chi connectivity index (χ1n) is 9.00. The van der Waals surface area contributed by atoms with Gasteiger partial charge in [0.1, 0.15) is 0 Å². The van der Waals surface area contributed by atoms with E-state index in [9.17, 15) is 9.59 Å². The molecule has 2 aromatic heterocycles. The van der Waals surface area contributed by atoms with Gasteiger partial charge in [-0.2, -0.15) is 5.10 Å². The van der Waals surface area contributed by atoms with Crippen LogP contribution in [0.25, 0.3) is 5.69 Å². The lowest BCUT2D eigenvalue weighted by Crippen LogP contribution is -2.26. The van der Waals surface area contributed by atoms with Crippen LogP contribution in [-0.4, -0.2) is 28.0 Å². The Balaban J connectivity index is 1.42. The number of nitrogens with zero attached hydrogens (tertiary/aromatic N) is 2. The quantitative estimate of drug-likeness (QED) is 0.603. The zero-order valence-corrected chi connectivity index (χ0v) is 16.4. The monoisotopic (exact) mass is 381 g/mol. The van der Waals surface area contributed by atoms with E-state index < -0.39 is 0 Å². The summed E-state index contributed by atoms with van der Waals surface area (Å²) >= 11 is 1.61. The molecule has 5 nitrogen and oxygen atoms in total. The maximum absolute atomic E-state index is 12.2. The van der Waals surface area contributed by atoms with E-state index in [1.807, 2.05) is 67.2 Å². The summed E-state index contributed by atoms with van der Waals surface area (Å²) in [5.74, 6) is -0.0657. The van der Waals surface area contributed by atoms with Crippen molar-refractivity contribution in [2.75, 3.05) is 6.54 Å². The van der Waals surface area contributed by atoms with Crippen LogP contribution in [0.3, 0.4) is 0 Å². The van der Waals surface area contributed by atoms with E-state index in [0.717, 1.165) is 26.7 Å². The number of nitrogens with one attached hydrogen (secondary N) is 1. The number of para-hydroxylation sites is 1. The van der Waals surface area contributed by atoms with E-state index in [4.69, 9.17) is 0 Å². The summed E-state index contributed by atoms with van der Waals surface area (Å²) in [4.78, 5) is 26.4. The molecule has 0 bridgehead atoms. The molecule has 3 rings (SSSR count). The van der Waals surface area contributed by atoms with E-state index >= 15 is 0 Å². The van der Waals surface area contributed by atoms with Gasteiger partial charge in [0.15, 0.2) is 5.78 Å². The predicted octanol–water partition coefficient (Wildman–Crippen LogP) is 3.87. The summed E-state index contributed by atoms with van der Waals surface area (Å²) in [5.41, 5.74) is 2.67. The van der Waals surface area contributed by atoms with Crippen LogP contribution in [0.1, 0.15) is 38.6 Å². The number of ketones is 1. The normalized spacial score (nSPS) is 10.7. The van der Waals surface area contributed by atoms with Crippen molar-refractivity contribution < 1.29 is 9.59 Å². The molecule has 2 heterocycles. The van der Waals surface area contributed by atoms with E-state index in [2.05, 4.69) is 10.4 Å². The first-order chi connectivity index (χ1) is 13.0. The molecule has 27 heavy (non-hydrogen) atoms. The molecular weight excluding hydrogens is 358 g/mol. The van der Waals surface area contributed by atoms with Crippen LogP contribution in [-0.2, 0) is 11.2 Å². The second-order valence-electron chi connectivity index (χ2n) is 6.44. The number of amides is 1. The Bertz CT molecular complexity index is 928. The molecule has 1 N–H and O–H groups in total. The van der Waals surface area contributed by atoms with Crippen molar-refractivity contribution in [3.63, 3.8) is 0 Å². The Morgan fingerprint density at radius 1 is 1.11 bits per heavy atom. The van der Waals surface area contributed by atoms with Crippen molar-refractivity contribution >= 4 is 23.0 Å². The van der Waals surface area contributed by atoms with Gasteiger partial charge in [-0.3, -0.25) is 9.59 Å². The van der Waals surface area contributed by atoms with E-state index in [-0.39, 0.29) is 24.5 Å². The molecule has 6 heteroatoms. The van der Waals surface area contributed by atoms with E-state index in [1.54, 1.807) is 11.3 Å². The van der Waals surface area contributed by atoms with Gasteiger partial charge in [0.25, 0.3) is 0 Å². The highest BCUT2D eigenvalue weighted by Gasteiger charge is 2.13. The summed E-state index contributed by atoms with van der Waals surface area (Å²) in [5, 5.41) is 7.38. The molecule has 1 amide bonds. The lowest BCUT2D eigenvalue weighted by atomic mass is 10.1. The van der Waals surface area contributed by atoms with Gasteiger partial charge in [0.05, 0.1) is 11.4 Å². The molecule has 0 radical (unpaired) electrons. The van der Waals surface area contributed by atoms with Gasteiger partial charge < -0.3 is 5.32 Å². The Hall–Kier alpha value is -2.73. The summed E-state index contributed by atoms with van der Waals surface area (Å²) in [6.45, 7) is 4.44. The average molecular weight is 382 g/mol. The number of carbonyl (C=O) groups is 2. The molecule has 0 atom stereocenters. The molecule has 0 saturated carbocycles. The highest BCUT2D eigenvalue weighted by molar-refractivity contribution is 7.12. The predicted molar refractivity (Wildman–Crippen MR) is 108 cm³/mol. The molecule has 0 fully saturated rings. The van der Waals surface area contributed by atoms with Gasteiger partial charge in [-0.1, -0.05) is 18.2 Å². The third kappa shape index (κ3) is 5.14. The molecule has 0 aliphatic heterocycles. The standard InChI is InChI=1S/C21H23N3O2S/c1-15-14-19(16(2)27-15)20(25)8-9-21(26)22-12-10-17-11-13-24(23-17)18-6-4-3-5-7-18/h3-7,11,13-14H,8-10,12H2,1-2H3,(H,22,26). The molecule has 1 aromatic carbocycles. The maximum Gasteiger partial charge on any atom is 0.220 e. The lowest BCUT2D eigenvalue weighted by Gasteiger charge is -2.04. The SMILES string of the molecule is Cc1cc(C(=O)CCC(=O)NCCc2ccn(-c3ccccc3)n2)c(C)s1. The van der Waals surface area contributed by atoms with Crippen molar-refractivity contribution in [3.8, 4) is 5.69 Å². The third-order valence-electron chi connectivity index (χ3n) is 4.29. The number of Topliss-reactive ketones (excluding diaryl/α,β-unsaturated/α-hetero) is 1. The number of hydrogen-bond acceptors (Lipinski definition) is 4. The highest BCUT2D eigenvalue weighted by Crippen LogP contribution is 2.22. The summed E-state index contributed by atoms with van der Waals surface area (Å²) < 4.78 is 1.82. The largest absolute Gasteiger partial charge is 0.356 e. The number of aromatic nitrogens is 2. The Kier molecular flexibility index (Phi) is 6.19. The van der Waals surface area contributed by atoms with Crippen LogP contribution in [0, 0.1) is 13.8 Å². The molecular formula is C21H23N3O2S. The number of aryl methyl sites for hydroxylation is 2. The molecule has 0 saturated heterocycles. The molecule has 140 valence electrons. The summed E-state index contributed by atoms with van der Waals surface area (Å²) in [6.07, 6.45) is 3.02. The van der Waals surface area contributed by atoms with Gasteiger partial charge >= 0.3 is 0 Å². The van der Waals surface area contributed by atoms with Crippen molar-refractivity contribution in [2.45, 2.75) is 33.1 Å². The number of rotatable bonds is 8. The smallest absolute Gasteiger partial charge is 0.220 e. The fourth-order valence-electron chi connectivity index (χ4n) is 2.91. The zero-order valence-electron chi connectivity index (χ0n) is 15.6. The van der Waals surface area contributed by atoms with Crippen LogP contribution in [0.2, 0.25) is 0 Å². The Morgan fingerprint density at radius 2 is 1.89 bits per heavy atom. The molecule has 0 spiro atoms. The van der Waals surface area contributed by atoms with Gasteiger partial charge in [0, 0.05) is 47.3 Å².